The van der Waals surface area contributed by atoms with Crippen LogP contribution in [0, 0.1) is 47.8 Å². The van der Waals surface area contributed by atoms with Crippen LogP contribution in [0.3, 0.4) is 0 Å². The Hall–Kier alpha value is -1.20. The molecule has 0 aromatic carbocycles. The third-order valence-electron chi connectivity index (χ3n) is 9.99. The maximum Gasteiger partial charge on any atom is 0.157 e. The van der Waals surface area contributed by atoms with Crippen molar-refractivity contribution >= 4 is 5.78 Å². The Morgan fingerprint density at radius 1 is 1.16 bits per heavy atom. The summed E-state index contributed by atoms with van der Waals surface area (Å²) >= 11 is 0. The second-order valence-corrected chi connectivity index (χ2v) is 11.7. The van der Waals surface area contributed by atoms with E-state index in [9.17, 15) is 9.90 Å². The Morgan fingerprint density at radius 2 is 1.97 bits per heavy atom. The molecule has 8 atom stereocenters. The molecule has 0 radical (unpaired) electrons. The Kier molecular flexibility index (Phi) is 5.57. The highest BCUT2D eigenvalue weighted by Crippen LogP contribution is 2.64. The fourth-order valence-corrected chi connectivity index (χ4v) is 8.71. The lowest BCUT2D eigenvalue weighted by molar-refractivity contribution is -0.136. The van der Waals surface area contributed by atoms with E-state index in [4.69, 9.17) is 4.74 Å². The van der Waals surface area contributed by atoms with Crippen molar-refractivity contribution in [3.8, 4) is 0 Å². The average Bonchev–Trinajstić information content (AvgIpc) is 3.29. The molecular formula is C26H40N2O3. The van der Waals surface area contributed by atoms with Crippen LogP contribution in [0.25, 0.3) is 0 Å². The molecule has 1 N–H and O–H groups in total. The molecule has 0 saturated heterocycles. The van der Waals surface area contributed by atoms with Crippen LogP contribution in [0.2, 0.25) is 0 Å². The van der Waals surface area contributed by atoms with Crippen molar-refractivity contribution < 1.29 is 14.6 Å². The van der Waals surface area contributed by atoms with Gasteiger partial charge in [-0.1, -0.05) is 6.92 Å². The van der Waals surface area contributed by atoms with Crippen molar-refractivity contribution in [1.29, 1.82) is 0 Å². The number of aryl methyl sites for hydroxylation is 1. The van der Waals surface area contributed by atoms with Crippen LogP contribution in [-0.2, 0) is 16.1 Å². The van der Waals surface area contributed by atoms with Crippen LogP contribution in [0.4, 0.5) is 0 Å². The van der Waals surface area contributed by atoms with Gasteiger partial charge in [0.1, 0.15) is 0 Å². The van der Waals surface area contributed by atoms with E-state index in [1.165, 1.54) is 32.1 Å². The molecule has 0 aliphatic heterocycles. The maximum absolute atomic E-state index is 13.3. The Labute approximate surface area is 186 Å². The number of ether oxygens (including phenoxy) is 1. The first-order valence-electron chi connectivity index (χ1n) is 12.6. The maximum atomic E-state index is 13.3. The lowest BCUT2D eigenvalue weighted by atomic mass is 9.49. The highest BCUT2D eigenvalue weighted by molar-refractivity contribution is 5.82. The van der Waals surface area contributed by atoms with Crippen LogP contribution >= 0.6 is 0 Å². The number of hydrogen-bond acceptors (Lipinski definition) is 4. The van der Waals surface area contributed by atoms with Crippen molar-refractivity contribution in [2.75, 3.05) is 13.7 Å². The van der Waals surface area contributed by atoms with E-state index >= 15 is 0 Å². The summed E-state index contributed by atoms with van der Waals surface area (Å²) in [4.78, 5) is 13.3. The van der Waals surface area contributed by atoms with Gasteiger partial charge in [-0.05, 0) is 105 Å². The number of Topliss-reactive ketones (excluding diaryl/α,β-unsaturated/α-hetero) is 1. The number of carbonyl (C=O) groups is 1. The minimum Gasteiger partial charge on any atom is -0.387 e. The third-order valence-corrected chi connectivity index (χ3v) is 9.99. The van der Waals surface area contributed by atoms with Gasteiger partial charge in [-0.3, -0.25) is 9.48 Å². The lowest BCUT2D eigenvalue weighted by Gasteiger charge is -2.57. The Balaban J connectivity index is 1.28. The summed E-state index contributed by atoms with van der Waals surface area (Å²) in [6.45, 7) is 5.37. The van der Waals surface area contributed by atoms with E-state index in [2.05, 4.69) is 12.0 Å². The van der Waals surface area contributed by atoms with Gasteiger partial charge in [0.15, 0.2) is 5.78 Å². The first-order chi connectivity index (χ1) is 14.8. The lowest BCUT2D eigenvalue weighted by Crippen LogP contribution is -2.52. The van der Waals surface area contributed by atoms with Crippen LogP contribution in [0.15, 0.2) is 12.4 Å². The molecule has 1 aromatic heterocycles. The number of nitrogens with zero attached hydrogens (tertiary/aromatic N) is 2. The second-order valence-electron chi connectivity index (χ2n) is 11.7. The molecule has 5 nitrogen and oxygen atoms in total. The average molecular weight is 429 g/mol. The fraction of sp³-hybridized carbons (Fsp3) is 0.846. The fourth-order valence-electron chi connectivity index (χ4n) is 8.71. The second kappa shape index (κ2) is 7.98. The quantitative estimate of drug-likeness (QED) is 0.755. The van der Waals surface area contributed by atoms with E-state index < -0.39 is 5.60 Å². The van der Waals surface area contributed by atoms with Gasteiger partial charge in [0.25, 0.3) is 0 Å². The molecule has 5 heteroatoms. The number of aliphatic hydroxyl groups is 1. The summed E-state index contributed by atoms with van der Waals surface area (Å²) in [6, 6.07) is 0. The van der Waals surface area contributed by atoms with E-state index in [1.807, 2.05) is 24.0 Å². The Morgan fingerprint density at radius 3 is 2.71 bits per heavy atom. The van der Waals surface area contributed by atoms with Gasteiger partial charge in [0.2, 0.25) is 0 Å². The molecule has 172 valence electrons. The van der Waals surface area contributed by atoms with Crippen LogP contribution in [0.1, 0.15) is 70.3 Å². The Bertz CT molecular complexity index is 821. The SMILES string of the molecule is COC[C@@]1(O)CC[C@H]2[C@H](CC[C@@H]3[C@@H]2CC[C@]2(C)[C@@H](C(=O)Cn4cc(C)cn4)CC[C@@H]32)C1. The number of ketones is 1. The van der Waals surface area contributed by atoms with Gasteiger partial charge in [-0.15, -0.1) is 0 Å². The zero-order valence-electron chi connectivity index (χ0n) is 19.6. The molecule has 1 aromatic rings. The molecule has 0 bridgehead atoms. The van der Waals surface area contributed by atoms with Gasteiger partial charge in [-0.2, -0.15) is 5.10 Å². The molecule has 0 spiro atoms. The number of hydrogen-bond donors (Lipinski definition) is 1. The van der Waals surface area contributed by atoms with Crippen molar-refractivity contribution in [3.63, 3.8) is 0 Å². The number of fused-ring (bicyclic) bond motifs is 5. The third kappa shape index (κ3) is 3.70. The van der Waals surface area contributed by atoms with Crippen molar-refractivity contribution in [2.45, 2.75) is 83.8 Å². The van der Waals surface area contributed by atoms with Crippen LogP contribution in [-0.4, -0.2) is 40.0 Å². The highest BCUT2D eigenvalue weighted by atomic mass is 16.5. The smallest absolute Gasteiger partial charge is 0.157 e. The molecule has 4 aliphatic rings. The predicted molar refractivity (Wildman–Crippen MR) is 119 cm³/mol. The summed E-state index contributed by atoms with van der Waals surface area (Å²) in [5.41, 5.74) is 0.672. The van der Waals surface area contributed by atoms with E-state index in [0.717, 1.165) is 49.0 Å². The zero-order valence-corrected chi connectivity index (χ0v) is 19.6. The summed E-state index contributed by atoms with van der Waals surface area (Å²) in [6.07, 6.45) is 14.1. The molecule has 4 saturated carbocycles. The van der Waals surface area contributed by atoms with Gasteiger partial charge >= 0.3 is 0 Å². The normalized spacial score (nSPS) is 44.4. The largest absolute Gasteiger partial charge is 0.387 e. The predicted octanol–water partition coefficient (Wildman–Crippen LogP) is 4.41. The summed E-state index contributed by atoms with van der Waals surface area (Å²) < 4.78 is 7.16. The van der Waals surface area contributed by atoms with Crippen LogP contribution < -0.4 is 0 Å². The first kappa shape index (κ1) is 21.6. The topological polar surface area (TPSA) is 64.3 Å². The summed E-state index contributed by atoms with van der Waals surface area (Å²) in [5.74, 6) is 4.27. The van der Waals surface area contributed by atoms with Crippen molar-refractivity contribution in [1.82, 2.24) is 9.78 Å². The molecule has 0 amide bonds. The summed E-state index contributed by atoms with van der Waals surface area (Å²) in [5, 5.41) is 15.3. The van der Waals surface area contributed by atoms with Gasteiger partial charge in [-0.25, -0.2) is 0 Å². The minimum absolute atomic E-state index is 0.165. The molecule has 4 aliphatic carbocycles. The molecule has 0 unspecified atom stereocenters. The molecular weight excluding hydrogens is 388 g/mol. The zero-order chi connectivity index (χ0) is 21.8. The van der Waals surface area contributed by atoms with Gasteiger partial charge in [0.05, 0.1) is 24.9 Å². The van der Waals surface area contributed by atoms with Gasteiger partial charge in [0, 0.05) is 19.2 Å². The standard InChI is InChI=1S/C26H40N2O3/c1-17-13-27-28(14-17)15-24(29)23-7-6-22-21-5-4-18-12-26(30,16-31-3)11-9-19(18)20(21)8-10-25(22,23)2/h13-14,18-23,30H,4-12,15-16H2,1-3H3/t18-,19+,20-,21-,22+,23-,25+,26-/m1/s1. The minimum atomic E-state index is -0.609. The molecule has 31 heavy (non-hydrogen) atoms. The monoisotopic (exact) mass is 428 g/mol. The molecule has 5 rings (SSSR count). The first-order valence-corrected chi connectivity index (χ1v) is 12.6. The highest BCUT2D eigenvalue weighted by Gasteiger charge is 2.59. The number of carbonyl (C=O) groups excluding carboxylic acids is 1. The van der Waals surface area contributed by atoms with Gasteiger partial charge < -0.3 is 9.84 Å². The van der Waals surface area contributed by atoms with E-state index in [0.29, 0.717) is 30.8 Å². The van der Waals surface area contributed by atoms with E-state index in [1.54, 1.807) is 7.11 Å². The van der Waals surface area contributed by atoms with Crippen molar-refractivity contribution in [2.24, 2.45) is 40.9 Å². The number of methoxy groups -OCH3 is 1. The molecule has 4 fully saturated rings. The number of aromatic nitrogens is 2. The number of rotatable bonds is 5. The van der Waals surface area contributed by atoms with Crippen LogP contribution in [0.5, 0.6) is 0 Å². The summed E-state index contributed by atoms with van der Waals surface area (Å²) in [7, 11) is 1.70. The van der Waals surface area contributed by atoms with E-state index in [-0.39, 0.29) is 11.3 Å². The molecule has 1 heterocycles. The van der Waals surface area contributed by atoms with Crippen molar-refractivity contribution in [3.05, 3.63) is 18.0 Å².